The molecule has 0 unspecified atom stereocenters. The molecule has 21 heavy (non-hydrogen) atoms. The fourth-order valence-electron chi connectivity index (χ4n) is 2.11. The Morgan fingerprint density at radius 2 is 1.95 bits per heavy atom. The fraction of sp³-hybridized carbons (Fsp3) is 0.267. The monoisotopic (exact) mass is 295 g/mol. The summed E-state index contributed by atoms with van der Waals surface area (Å²) in [5.74, 6) is 0. The highest BCUT2D eigenvalue weighted by atomic mass is 19.4. The van der Waals surface area contributed by atoms with Crippen LogP contribution in [0, 0.1) is 0 Å². The molecule has 0 fully saturated rings. The van der Waals surface area contributed by atoms with E-state index in [1.54, 1.807) is 30.2 Å². The molecule has 6 heteroatoms. The lowest BCUT2D eigenvalue weighted by Crippen LogP contribution is -2.25. The fourth-order valence-corrected chi connectivity index (χ4v) is 2.11. The molecule has 2 rings (SSSR count). The molecule has 2 aromatic rings. The average Bonchev–Trinajstić information content (AvgIpc) is 2.45. The molecule has 0 spiro atoms. The lowest BCUT2D eigenvalue weighted by Gasteiger charge is -2.26. The third-order valence-corrected chi connectivity index (χ3v) is 3.13. The molecule has 1 aromatic heterocycles. The van der Waals surface area contributed by atoms with Gasteiger partial charge in [0.2, 0.25) is 0 Å². The van der Waals surface area contributed by atoms with Crippen molar-refractivity contribution < 1.29 is 13.2 Å². The van der Waals surface area contributed by atoms with Crippen molar-refractivity contribution in [2.75, 3.05) is 17.2 Å². The number of hydrogen-bond acceptors (Lipinski definition) is 3. The summed E-state index contributed by atoms with van der Waals surface area (Å²) in [5, 5.41) is 0. The van der Waals surface area contributed by atoms with Crippen molar-refractivity contribution in [1.82, 2.24) is 4.98 Å². The maximum atomic E-state index is 13.2. The highest BCUT2D eigenvalue weighted by Gasteiger charge is 2.35. The Hall–Kier alpha value is -2.24. The summed E-state index contributed by atoms with van der Waals surface area (Å²) in [7, 11) is 0. The number of nitrogens with two attached hydrogens (primary N) is 1. The second kappa shape index (κ2) is 6.03. The SMILES string of the molecule is CCN(Cc1ccccn1)c1ccc(N)cc1C(F)(F)F. The van der Waals surface area contributed by atoms with Crippen LogP contribution in [0.25, 0.3) is 0 Å². The average molecular weight is 295 g/mol. The third-order valence-electron chi connectivity index (χ3n) is 3.13. The standard InChI is InChI=1S/C15H16F3N3/c1-2-21(10-12-5-3-4-8-20-12)14-7-6-11(19)9-13(14)15(16,17)18/h3-9H,2,10,19H2,1H3. The first-order valence-electron chi connectivity index (χ1n) is 6.53. The third kappa shape index (κ3) is 3.65. The number of alkyl halides is 3. The van der Waals surface area contributed by atoms with Crippen molar-refractivity contribution in [2.24, 2.45) is 0 Å². The molecule has 112 valence electrons. The number of hydrogen-bond donors (Lipinski definition) is 1. The summed E-state index contributed by atoms with van der Waals surface area (Å²) in [6.45, 7) is 2.55. The molecule has 0 aliphatic heterocycles. The molecule has 0 radical (unpaired) electrons. The van der Waals surface area contributed by atoms with Crippen molar-refractivity contribution in [1.29, 1.82) is 0 Å². The summed E-state index contributed by atoms with van der Waals surface area (Å²) in [6, 6.07) is 9.22. The van der Waals surface area contributed by atoms with Crippen LogP contribution in [-0.4, -0.2) is 11.5 Å². The van der Waals surface area contributed by atoms with Gasteiger partial charge < -0.3 is 10.6 Å². The van der Waals surface area contributed by atoms with Crippen molar-refractivity contribution in [3.8, 4) is 0 Å². The smallest absolute Gasteiger partial charge is 0.399 e. The number of rotatable bonds is 4. The summed E-state index contributed by atoms with van der Waals surface area (Å²) in [6.07, 6.45) is -2.82. The van der Waals surface area contributed by atoms with Gasteiger partial charge in [0.05, 0.1) is 17.8 Å². The Kier molecular flexibility index (Phi) is 4.35. The van der Waals surface area contributed by atoms with Crippen LogP contribution in [0.15, 0.2) is 42.6 Å². The molecule has 0 amide bonds. The minimum atomic E-state index is -4.44. The normalized spacial score (nSPS) is 11.4. The quantitative estimate of drug-likeness (QED) is 0.874. The molecular weight excluding hydrogens is 279 g/mol. The summed E-state index contributed by atoms with van der Waals surface area (Å²) < 4.78 is 39.5. The topological polar surface area (TPSA) is 42.2 Å². The van der Waals surface area contributed by atoms with Crippen LogP contribution in [0.5, 0.6) is 0 Å². The van der Waals surface area contributed by atoms with E-state index in [0.29, 0.717) is 18.8 Å². The van der Waals surface area contributed by atoms with E-state index in [1.807, 2.05) is 6.07 Å². The Balaban J connectivity index is 2.38. The van der Waals surface area contributed by atoms with Gasteiger partial charge in [-0.2, -0.15) is 13.2 Å². The first-order chi connectivity index (χ1) is 9.91. The second-order valence-electron chi connectivity index (χ2n) is 4.61. The summed E-state index contributed by atoms with van der Waals surface area (Å²) >= 11 is 0. The number of nitrogens with zero attached hydrogens (tertiary/aromatic N) is 2. The van der Waals surface area contributed by atoms with Gasteiger partial charge in [-0.05, 0) is 37.3 Å². The molecule has 0 saturated heterocycles. The van der Waals surface area contributed by atoms with E-state index >= 15 is 0 Å². The van der Waals surface area contributed by atoms with Gasteiger partial charge in [-0.15, -0.1) is 0 Å². The largest absolute Gasteiger partial charge is 0.418 e. The number of pyridine rings is 1. The molecule has 0 saturated carbocycles. The van der Waals surface area contributed by atoms with E-state index < -0.39 is 11.7 Å². The van der Waals surface area contributed by atoms with E-state index in [9.17, 15) is 13.2 Å². The van der Waals surface area contributed by atoms with Gasteiger partial charge in [-0.1, -0.05) is 6.07 Å². The lowest BCUT2D eigenvalue weighted by atomic mass is 10.1. The van der Waals surface area contributed by atoms with Crippen LogP contribution in [-0.2, 0) is 12.7 Å². The van der Waals surface area contributed by atoms with E-state index in [0.717, 1.165) is 6.07 Å². The minimum absolute atomic E-state index is 0.0972. The van der Waals surface area contributed by atoms with E-state index in [4.69, 9.17) is 5.73 Å². The van der Waals surface area contributed by atoms with Gasteiger partial charge >= 0.3 is 6.18 Å². The van der Waals surface area contributed by atoms with Crippen molar-refractivity contribution in [3.63, 3.8) is 0 Å². The number of anilines is 2. The van der Waals surface area contributed by atoms with Crippen molar-refractivity contribution in [2.45, 2.75) is 19.6 Å². The Morgan fingerprint density at radius 3 is 2.52 bits per heavy atom. The Labute approximate surface area is 121 Å². The molecule has 0 aliphatic carbocycles. The van der Waals surface area contributed by atoms with Gasteiger partial charge in [0.1, 0.15) is 0 Å². The van der Waals surface area contributed by atoms with E-state index in [-0.39, 0.29) is 11.4 Å². The zero-order valence-corrected chi connectivity index (χ0v) is 11.6. The molecule has 1 aromatic carbocycles. The highest BCUT2D eigenvalue weighted by molar-refractivity contribution is 5.61. The number of aromatic nitrogens is 1. The van der Waals surface area contributed by atoms with Gasteiger partial charge in [0.25, 0.3) is 0 Å². The van der Waals surface area contributed by atoms with Crippen molar-refractivity contribution >= 4 is 11.4 Å². The van der Waals surface area contributed by atoms with Gasteiger partial charge in [-0.25, -0.2) is 0 Å². The molecule has 3 nitrogen and oxygen atoms in total. The second-order valence-corrected chi connectivity index (χ2v) is 4.61. The highest BCUT2D eigenvalue weighted by Crippen LogP contribution is 2.38. The molecule has 0 atom stereocenters. The van der Waals surface area contributed by atoms with Crippen molar-refractivity contribution in [3.05, 3.63) is 53.9 Å². The predicted molar refractivity (Wildman–Crippen MR) is 76.8 cm³/mol. The van der Waals surface area contributed by atoms with Crippen LogP contribution in [0.4, 0.5) is 24.5 Å². The first-order valence-corrected chi connectivity index (χ1v) is 6.53. The molecule has 1 heterocycles. The van der Waals surface area contributed by atoms with Crippen LogP contribution < -0.4 is 10.6 Å². The predicted octanol–water partition coefficient (Wildman–Crippen LogP) is 3.71. The number of benzene rings is 1. The molecule has 2 N–H and O–H groups in total. The summed E-state index contributed by atoms with van der Waals surface area (Å²) in [5.41, 5.74) is 5.69. The maximum Gasteiger partial charge on any atom is 0.418 e. The Bertz CT molecular complexity index is 597. The zero-order chi connectivity index (χ0) is 15.5. The van der Waals surface area contributed by atoms with Gasteiger partial charge in [0, 0.05) is 24.1 Å². The van der Waals surface area contributed by atoms with Crippen LogP contribution in [0.3, 0.4) is 0 Å². The summed E-state index contributed by atoms with van der Waals surface area (Å²) in [4.78, 5) is 5.78. The maximum absolute atomic E-state index is 13.2. The van der Waals surface area contributed by atoms with E-state index in [2.05, 4.69) is 4.98 Å². The van der Waals surface area contributed by atoms with Gasteiger partial charge in [0.15, 0.2) is 0 Å². The molecular formula is C15H16F3N3. The first kappa shape index (κ1) is 15.2. The number of nitrogen functional groups attached to an aromatic ring is 1. The van der Waals surface area contributed by atoms with Gasteiger partial charge in [-0.3, -0.25) is 4.98 Å². The van der Waals surface area contributed by atoms with E-state index in [1.165, 1.54) is 12.1 Å². The zero-order valence-electron chi connectivity index (χ0n) is 11.6. The van der Waals surface area contributed by atoms with Crippen LogP contribution in [0.1, 0.15) is 18.2 Å². The van der Waals surface area contributed by atoms with Crippen LogP contribution in [0.2, 0.25) is 0 Å². The molecule has 0 aliphatic rings. The minimum Gasteiger partial charge on any atom is -0.399 e. The number of halogens is 3. The lowest BCUT2D eigenvalue weighted by molar-refractivity contribution is -0.137. The molecule has 0 bridgehead atoms. The van der Waals surface area contributed by atoms with Crippen LogP contribution >= 0.6 is 0 Å². The Morgan fingerprint density at radius 1 is 1.19 bits per heavy atom.